The zero-order valence-corrected chi connectivity index (χ0v) is 20.2. The number of thioether (sulfide) groups is 1. The van der Waals surface area contributed by atoms with Crippen molar-refractivity contribution < 1.29 is 27.8 Å². The number of hydrogen-bond acceptors (Lipinski definition) is 7. The van der Waals surface area contributed by atoms with Gasteiger partial charge in [-0.15, -0.1) is 10.2 Å². The van der Waals surface area contributed by atoms with Crippen LogP contribution in [0.1, 0.15) is 0 Å². The molecule has 186 valence electrons. The Labute approximate surface area is 210 Å². The molecule has 0 saturated heterocycles. The van der Waals surface area contributed by atoms with Gasteiger partial charge in [-0.2, -0.15) is 8.78 Å². The molecule has 0 bridgehead atoms. The molecule has 0 spiro atoms. The predicted octanol–water partition coefficient (Wildman–Crippen LogP) is 5.28. The maximum atomic E-state index is 12.6. The van der Waals surface area contributed by atoms with Gasteiger partial charge in [-0.3, -0.25) is 9.36 Å². The summed E-state index contributed by atoms with van der Waals surface area (Å²) in [6.45, 7) is -2.91. The van der Waals surface area contributed by atoms with Crippen LogP contribution in [0.25, 0.3) is 17.1 Å². The van der Waals surface area contributed by atoms with E-state index in [2.05, 4.69) is 20.3 Å². The first kappa shape index (κ1) is 25.0. The van der Waals surface area contributed by atoms with Crippen LogP contribution < -0.4 is 19.5 Å². The lowest BCUT2D eigenvalue weighted by Crippen LogP contribution is -2.14. The Balaban J connectivity index is 1.56. The van der Waals surface area contributed by atoms with Crippen LogP contribution in [0, 0.1) is 0 Å². The highest BCUT2D eigenvalue weighted by Gasteiger charge is 2.19. The number of rotatable bonds is 10. The van der Waals surface area contributed by atoms with Crippen LogP contribution in [0.4, 0.5) is 14.5 Å². The minimum atomic E-state index is -2.91. The maximum absolute atomic E-state index is 12.6. The molecule has 0 aliphatic rings. The molecular formula is C25H22F2N4O4S. The number of amides is 1. The van der Waals surface area contributed by atoms with E-state index in [1.165, 1.54) is 36.0 Å². The van der Waals surface area contributed by atoms with Gasteiger partial charge in [0.25, 0.3) is 0 Å². The number of anilines is 1. The first-order valence-electron chi connectivity index (χ1n) is 10.7. The zero-order chi connectivity index (χ0) is 25.5. The molecule has 0 aliphatic heterocycles. The second kappa shape index (κ2) is 11.5. The molecule has 36 heavy (non-hydrogen) atoms. The van der Waals surface area contributed by atoms with Crippen molar-refractivity contribution in [2.45, 2.75) is 11.8 Å². The van der Waals surface area contributed by atoms with E-state index in [9.17, 15) is 13.6 Å². The summed E-state index contributed by atoms with van der Waals surface area (Å²) in [5, 5.41) is 11.9. The standard InChI is InChI=1S/C25H22F2N4O4S/c1-33-20-13-10-18(14-21(20)34-2)31-23(16-6-4-3-5-7-16)29-30-25(31)36-15-22(32)28-17-8-11-19(12-9-17)35-24(26)27/h3-14,24H,15H2,1-2H3,(H,28,32). The van der Waals surface area contributed by atoms with Crippen LogP contribution >= 0.6 is 11.8 Å². The number of halogens is 2. The van der Waals surface area contributed by atoms with Gasteiger partial charge >= 0.3 is 6.61 Å². The smallest absolute Gasteiger partial charge is 0.387 e. The number of carbonyl (C=O) groups excluding carboxylic acids is 1. The summed E-state index contributed by atoms with van der Waals surface area (Å²) >= 11 is 1.20. The van der Waals surface area contributed by atoms with Gasteiger partial charge in [-0.1, -0.05) is 42.1 Å². The average Bonchev–Trinajstić information content (AvgIpc) is 3.32. The van der Waals surface area contributed by atoms with Crippen LogP contribution in [0.3, 0.4) is 0 Å². The lowest BCUT2D eigenvalue weighted by atomic mass is 10.2. The summed E-state index contributed by atoms with van der Waals surface area (Å²) in [6.07, 6.45) is 0. The fraction of sp³-hybridized carbons (Fsp3) is 0.160. The van der Waals surface area contributed by atoms with E-state index in [0.717, 1.165) is 11.3 Å². The minimum absolute atomic E-state index is 0.00818. The van der Waals surface area contributed by atoms with Gasteiger partial charge in [0.15, 0.2) is 22.5 Å². The van der Waals surface area contributed by atoms with Crippen LogP contribution in [-0.2, 0) is 4.79 Å². The summed E-state index contributed by atoms with van der Waals surface area (Å²) in [4.78, 5) is 12.6. The molecular weight excluding hydrogens is 490 g/mol. The van der Waals surface area contributed by atoms with Crippen molar-refractivity contribution in [3.05, 3.63) is 72.8 Å². The number of alkyl halides is 2. The fourth-order valence-electron chi connectivity index (χ4n) is 3.38. The molecule has 0 radical (unpaired) electrons. The van der Waals surface area contributed by atoms with Gasteiger partial charge in [-0.05, 0) is 36.4 Å². The first-order valence-corrected chi connectivity index (χ1v) is 11.7. The van der Waals surface area contributed by atoms with Crippen LogP contribution in [0.2, 0.25) is 0 Å². The van der Waals surface area contributed by atoms with Crippen LogP contribution in [-0.4, -0.2) is 47.3 Å². The van der Waals surface area contributed by atoms with E-state index in [-0.39, 0.29) is 17.4 Å². The SMILES string of the molecule is COc1ccc(-n2c(SCC(=O)Nc3ccc(OC(F)F)cc3)nnc2-c2ccccc2)cc1OC. The molecule has 1 heterocycles. The average molecular weight is 513 g/mol. The summed E-state index contributed by atoms with van der Waals surface area (Å²) in [6, 6.07) is 20.7. The van der Waals surface area contributed by atoms with Gasteiger partial charge < -0.3 is 19.5 Å². The third-order valence-corrected chi connectivity index (χ3v) is 5.92. The number of benzene rings is 3. The highest BCUT2D eigenvalue weighted by molar-refractivity contribution is 7.99. The van der Waals surface area contributed by atoms with Crippen LogP contribution in [0.5, 0.6) is 17.2 Å². The molecule has 3 aromatic carbocycles. The van der Waals surface area contributed by atoms with Crippen molar-refractivity contribution in [1.29, 1.82) is 0 Å². The molecule has 0 saturated carbocycles. The third kappa shape index (κ3) is 5.92. The number of carbonyl (C=O) groups is 1. The van der Waals surface area contributed by atoms with Crippen molar-refractivity contribution in [3.8, 4) is 34.3 Å². The van der Waals surface area contributed by atoms with E-state index in [1.54, 1.807) is 20.3 Å². The lowest BCUT2D eigenvalue weighted by molar-refractivity contribution is -0.113. The van der Waals surface area contributed by atoms with Gasteiger partial charge in [0.2, 0.25) is 5.91 Å². The van der Waals surface area contributed by atoms with Crippen molar-refractivity contribution in [3.63, 3.8) is 0 Å². The van der Waals surface area contributed by atoms with Crippen molar-refractivity contribution in [2.24, 2.45) is 0 Å². The molecule has 0 aliphatic carbocycles. The summed E-state index contributed by atoms with van der Waals surface area (Å²) in [5.41, 5.74) is 2.03. The predicted molar refractivity (Wildman–Crippen MR) is 132 cm³/mol. The monoisotopic (exact) mass is 512 g/mol. The van der Waals surface area contributed by atoms with Crippen LogP contribution in [0.15, 0.2) is 78.0 Å². The molecule has 4 rings (SSSR count). The number of nitrogens with zero attached hydrogens (tertiary/aromatic N) is 3. The molecule has 8 nitrogen and oxygen atoms in total. The first-order chi connectivity index (χ1) is 17.5. The highest BCUT2D eigenvalue weighted by atomic mass is 32.2. The molecule has 4 aromatic rings. The number of ether oxygens (including phenoxy) is 3. The highest BCUT2D eigenvalue weighted by Crippen LogP contribution is 2.33. The number of nitrogens with one attached hydrogen (secondary N) is 1. The summed E-state index contributed by atoms with van der Waals surface area (Å²) < 4.78 is 41.6. The number of aromatic nitrogens is 3. The van der Waals surface area contributed by atoms with Crippen molar-refractivity contribution in [2.75, 3.05) is 25.3 Å². The lowest BCUT2D eigenvalue weighted by Gasteiger charge is -2.14. The van der Waals surface area contributed by atoms with Gasteiger partial charge in [0.1, 0.15) is 5.75 Å². The van der Waals surface area contributed by atoms with Gasteiger partial charge in [0.05, 0.1) is 25.7 Å². The Bertz CT molecular complexity index is 1320. The van der Waals surface area contributed by atoms with E-state index in [4.69, 9.17) is 9.47 Å². The summed E-state index contributed by atoms with van der Waals surface area (Å²) in [7, 11) is 3.11. The number of hydrogen-bond donors (Lipinski definition) is 1. The Morgan fingerprint density at radius 2 is 1.69 bits per heavy atom. The Morgan fingerprint density at radius 3 is 2.36 bits per heavy atom. The van der Waals surface area contributed by atoms with Gasteiger partial charge in [0, 0.05) is 17.3 Å². The second-order valence-electron chi connectivity index (χ2n) is 7.29. The van der Waals surface area contributed by atoms with Crippen molar-refractivity contribution in [1.82, 2.24) is 14.8 Å². The maximum Gasteiger partial charge on any atom is 0.387 e. The minimum Gasteiger partial charge on any atom is -0.493 e. The Morgan fingerprint density at radius 1 is 0.972 bits per heavy atom. The Kier molecular flexibility index (Phi) is 8.01. The van der Waals surface area contributed by atoms with Gasteiger partial charge in [-0.25, -0.2) is 0 Å². The fourth-order valence-corrected chi connectivity index (χ4v) is 4.13. The zero-order valence-electron chi connectivity index (χ0n) is 19.4. The van der Waals surface area contributed by atoms with Crippen molar-refractivity contribution >= 4 is 23.4 Å². The molecule has 1 aromatic heterocycles. The molecule has 1 N–H and O–H groups in total. The molecule has 0 unspecified atom stereocenters. The molecule has 0 atom stereocenters. The van der Waals surface area contributed by atoms with E-state index >= 15 is 0 Å². The summed E-state index contributed by atoms with van der Waals surface area (Å²) in [5.74, 6) is 1.46. The topological polar surface area (TPSA) is 87.5 Å². The molecule has 0 fully saturated rings. The van der Waals surface area contributed by atoms with E-state index < -0.39 is 6.61 Å². The second-order valence-corrected chi connectivity index (χ2v) is 8.23. The normalized spacial score (nSPS) is 10.8. The molecule has 11 heteroatoms. The number of methoxy groups -OCH3 is 2. The Hall–Kier alpha value is -4.12. The van der Waals surface area contributed by atoms with E-state index in [0.29, 0.717) is 28.2 Å². The van der Waals surface area contributed by atoms with E-state index in [1.807, 2.05) is 47.0 Å². The quantitative estimate of drug-likeness (QED) is 0.289. The third-order valence-electron chi connectivity index (χ3n) is 4.99. The molecule has 1 amide bonds. The largest absolute Gasteiger partial charge is 0.493 e.